The minimum atomic E-state index is -0.797. The van der Waals surface area contributed by atoms with Crippen molar-refractivity contribution in [3.63, 3.8) is 0 Å². The molecular weight excluding hydrogens is 274 g/mol. The lowest BCUT2D eigenvalue weighted by atomic mass is 10.0. The summed E-state index contributed by atoms with van der Waals surface area (Å²) in [4.78, 5) is 35.4. The number of carbonyl (C=O) groups excluding carboxylic acids is 2. The summed E-state index contributed by atoms with van der Waals surface area (Å²) in [5.41, 5.74) is 0. The molecule has 0 aliphatic carbocycles. The third-order valence-corrected chi connectivity index (χ3v) is 3.35. The molecule has 0 fully saturated rings. The Kier molecular flexibility index (Phi) is 9.16. The molecular formula is C14H27N3O4. The number of rotatable bonds is 9. The second-order valence-corrected chi connectivity index (χ2v) is 5.21. The summed E-state index contributed by atoms with van der Waals surface area (Å²) in [5, 5.41) is 14.1. The van der Waals surface area contributed by atoms with E-state index in [1.54, 1.807) is 6.92 Å². The van der Waals surface area contributed by atoms with Gasteiger partial charge >= 0.3 is 12.0 Å². The highest BCUT2D eigenvalue weighted by Crippen LogP contribution is 2.09. The molecule has 0 rings (SSSR count). The van der Waals surface area contributed by atoms with Crippen LogP contribution in [-0.4, -0.2) is 54.1 Å². The molecule has 21 heavy (non-hydrogen) atoms. The van der Waals surface area contributed by atoms with E-state index < -0.39 is 5.97 Å². The molecule has 0 aromatic carbocycles. The molecule has 0 aromatic heterocycles. The van der Waals surface area contributed by atoms with Crippen LogP contribution in [0.1, 0.15) is 40.0 Å². The zero-order valence-corrected chi connectivity index (χ0v) is 13.3. The van der Waals surface area contributed by atoms with Crippen LogP contribution in [0.5, 0.6) is 0 Å². The number of aliphatic carboxylic acids is 1. The predicted octanol–water partition coefficient (Wildman–Crippen LogP) is 1.04. The molecule has 122 valence electrons. The van der Waals surface area contributed by atoms with Crippen molar-refractivity contribution in [1.29, 1.82) is 0 Å². The van der Waals surface area contributed by atoms with Crippen molar-refractivity contribution in [3.05, 3.63) is 0 Å². The van der Waals surface area contributed by atoms with Gasteiger partial charge in [-0.1, -0.05) is 13.3 Å². The summed E-state index contributed by atoms with van der Waals surface area (Å²) in [6.07, 6.45) is 2.03. The van der Waals surface area contributed by atoms with Crippen LogP contribution in [-0.2, 0) is 9.59 Å². The molecule has 0 saturated carbocycles. The van der Waals surface area contributed by atoms with Gasteiger partial charge in [0.15, 0.2) is 0 Å². The van der Waals surface area contributed by atoms with Gasteiger partial charge < -0.3 is 20.6 Å². The molecule has 0 heterocycles. The molecule has 0 aliphatic heterocycles. The normalized spacial score (nSPS) is 13.1. The lowest BCUT2D eigenvalue weighted by Crippen LogP contribution is -2.47. The second-order valence-electron chi connectivity index (χ2n) is 5.21. The number of carbonyl (C=O) groups is 3. The second kappa shape index (κ2) is 10.0. The molecule has 0 aliphatic rings. The Morgan fingerprint density at radius 3 is 2.29 bits per heavy atom. The number of amides is 3. The summed E-state index contributed by atoms with van der Waals surface area (Å²) in [5.74, 6) is -1.38. The van der Waals surface area contributed by atoms with Crippen LogP contribution in [0.4, 0.5) is 4.79 Å². The van der Waals surface area contributed by atoms with E-state index in [4.69, 9.17) is 5.11 Å². The number of hydrogen-bond donors (Lipinski definition) is 3. The zero-order chi connectivity index (χ0) is 16.4. The van der Waals surface area contributed by atoms with Gasteiger partial charge in [-0.25, -0.2) is 4.79 Å². The molecule has 0 saturated heterocycles. The molecule has 7 heteroatoms. The largest absolute Gasteiger partial charge is 0.481 e. The van der Waals surface area contributed by atoms with E-state index in [0.717, 1.165) is 6.42 Å². The van der Waals surface area contributed by atoms with Crippen LogP contribution in [0, 0.1) is 5.92 Å². The van der Waals surface area contributed by atoms with E-state index >= 15 is 0 Å². The van der Waals surface area contributed by atoms with Crippen LogP contribution in [0.2, 0.25) is 0 Å². The van der Waals surface area contributed by atoms with Crippen molar-refractivity contribution in [1.82, 2.24) is 15.5 Å². The number of hydrogen-bond acceptors (Lipinski definition) is 3. The molecule has 2 unspecified atom stereocenters. The highest BCUT2D eigenvalue weighted by molar-refractivity contribution is 5.83. The highest BCUT2D eigenvalue weighted by atomic mass is 16.4. The Morgan fingerprint density at radius 1 is 1.19 bits per heavy atom. The Labute approximate surface area is 126 Å². The average Bonchev–Trinajstić information content (AvgIpc) is 2.43. The van der Waals surface area contributed by atoms with Crippen LogP contribution < -0.4 is 10.6 Å². The molecule has 0 aromatic rings. The third-order valence-electron chi connectivity index (χ3n) is 3.35. The zero-order valence-electron chi connectivity index (χ0n) is 13.3. The maximum atomic E-state index is 12.0. The number of nitrogens with one attached hydrogen (secondary N) is 2. The van der Waals surface area contributed by atoms with Crippen molar-refractivity contribution in [2.75, 3.05) is 20.1 Å². The van der Waals surface area contributed by atoms with Gasteiger partial charge in [-0.05, 0) is 26.7 Å². The first kappa shape index (κ1) is 19.2. The van der Waals surface area contributed by atoms with E-state index in [-0.39, 0.29) is 30.4 Å². The summed E-state index contributed by atoms with van der Waals surface area (Å²) in [6, 6.07) is -0.336. The van der Waals surface area contributed by atoms with Crippen molar-refractivity contribution >= 4 is 17.9 Å². The van der Waals surface area contributed by atoms with Crippen LogP contribution in [0.3, 0.4) is 0 Å². The van der Waals surface area contributed by atoms with Gasteiger partial charge in [0.2, 0.25) is 5.91 Å². The quantitative estimate of drug-likeness (QED) is 0.592. The summed E-state index contributed by atoms with van der Waals surface area (Å²) in [6.45, 7) is 5.83. The van der Waals surface area contributed by atoms with Crippen molar-refractivity contribution in [2.24, 2.45) is 5.92 Å². The Hall–Kier alpha value is -1.79. The van der Waals surface area contributed by atoms with Gasteiger partial charge in [-0.15, -0.1) is 0 Å². The smallest absolute Gasteiger partial charge is 0.318 e. The maximum absolute atomic E-state index is 12.0. The van der Waals surface area contributed by atoms with E-state index in [9.17, 15) is 14.4 Å². The number of carboxylic acids is 1. The Balaban J connectivity index is 4.12. The molecule has 3 amide bonds. The van der Waals surface area contributed by atoms with E-state index in [1.165, 1.54) is 11.9 Å². The van der Waals surface area contributed by atoms with Gasteiger partial charge in [0.05, 0.1) is 5.92 Å². The van der Waals surface area contributed by atoms with Crippen molar-refractivity contribution < 1.29 is 19.5 Å². The first-order valence-corrected chi connectivity index (χ1v) is 7.30. The summed E-state index contributed by atoms with van der Waals surface area (Å²) >= 11 is 0. The maximum Gasteiger partial charge on any atom is 0.318 e. The first-order chi connectivity index (χ1) is 9.81. The Morgan fingerprint density at radius 2 is 1.81 bits per heavy atom. The standard InChI is InChI=1S/C14H27N3O4/c1-5-17(9-12(18)15-4)14(21)16-11(3)8-6-7-10(2)13(19)20/h10-11H,5-9H2,1-4H3,(H,15,18)(H,16,21)(H,19,20). The van der Waals surface area contributed by atoms with Gasteiger partial charge in [0, 0.05) is 19.6 Å². The van der Waals surface area contributed by atoms with Crippen LogP contribution in [0.25, 0.3) is 0 Å². The number of likely N-dealkylation sites (N-methyl/N-ethyl adjacent to an activating group) is 2. The number of carboxylic acid groups (broad SMARTS) is 1. The van der Waals surface area contributed by atoms with Crippen molar-refractivity contribution in [2.45, 2.75) is 46.1 Å². The van der Waals surface area contributed by atoms with Gasteiger partial charge in [-0.3, -0.25) is 9.59 Å². The number of urea groups is 1. The van der Waals surface area contributed by atoms with Crippen LogP contribution in [0.15, 0.2) is 0 Å². The van der Waals surface area contributed by atoms with E-state index in [1.807, 2.05) is 13.8 Å². The van der Waals surface area contributed by atoms with Gasteiger partial charge in [0.1, 0.15) is 6.54 Å². The van der Waals surface area contributed by atoms with Crippen molar-refractivity contribution in [3.8, 4) is 0 Å². The molecule has 2 atom stereocenters. The fourth-order valence-corrected chi connectivity index (χ4v) is 1.81. The molecule has 3 N–H and O–H groups in total. The van der Waals surface area contributed by atoms with Gasteiger partial charge in [0.25, 0.3) is 0 Å². The summed E-state index contributed by atoms with van der Waals surface area (Å²) < 4.78 is 0. The van der Waals surface area contributed by atoms with E-state index in [0.29, 0.717) is 19.4 Å². The topological polar surface area (TPSA) is 98.7 Å². The third kappa shape index (κ3) is 8.16. The van der Waals surface area contributed by atoms with Gasteiger partial charge in [-0.2, -0.15) is 0 Å². The first-order valence-electron chi connectivity index (χ1n) is 7.30. The fraction of sp³-hybridized carbons (Fsp3) is 0.786. The number of nitrogens with zero attached hydrogens (tertiary/aromatic N) is 1. The van der Waals surface area contributed by atoms with E-state index in [2.05, 4.69) is 10.6 Å². The lowest BCUT2D eigenvalue weighted by molar-refractivity contribution is -0.141. The lowest BCUT2D eigenvalue weighted by Gasteiger charge is -2.23. The van der Waals surface area contributed by atoms with Crippen LogP contribution >= 0.6 is 0 Å². The summed E-state index contributed by atoms with van der Waals surface area (Å²) in [7, 11) is 1.53. The predicted molar refractivity (Wildman–Crippen MR) is 80.0 cm³/mol. The minimum absolute atomic E-state index is 0.0294. The molecule has 0 bridgehead atoms. The fourth-order valence-electron chi connectivity index (χ4n) is 1.81. The molecule has 0 spiro atoms. The average molecular weight is 301 g/mol. The SMILES string of the molecule is CCN(CC(=O)NC)C(=O)NC(C)CCCC(C)C(=O)O. The minimum Gasteiger partial charge on any atom is -0.481 e. The molecule has 7 nitrogen and oxygen atoms in total. The highest BCUT2D eigenvalue weighted by Gasteiger charge is 2.17. The monoisotopic (exact) mass is 301 g/mol. The Bertz CT molecular complexity index is 360. The molecule has 0 radical (unpaired) electrons.